The SMILES string of the molecule is CC(Nc1c(-c2ccccc2)nc2cnccn12)C(=O)N1CCN(c2cccc(C(F)(F)F)c2)CC1. The van der Waals surface area contributed by atoms with Crippen LogP contribution in [-0.4, -0.2) is 57.4 Å². The molecule has 3 heterocycles. The van der Waals surface area contributed by atoms with E-state index >= 15 is 0 Å². The molecule has 0 radical (unpaired) electrons. The Balaban J connectivity index is 1.29. The number of carbonyl (C=O) groups excluding carboxylic acids is 1. The number of hydrogen-bond acceptors (Lipinski definition) is 5. The maximum Gasteiger partial charge on any atom is 0.416 e. The Morgan fingerprint density at radius 3 is 2.50 bits per heavy atom. The third-order valence-corrected chi connectivity index (χ3v) is 6.33. The average Bonchev–Trinajstić information content (AvgIpc) is 3.26. The van der Waals surface area contributed by atoms with Crippen molar-refractivity contribution in [3.8, 4) is 11.3 Å². The molecule has 0 bridgehead atoms. The highest BCUT2D eigenvalue weighted by Crippen LogP contribution is 2.32. The molecule has 186 valence electrons. The van der Waals surface area contributed by atoms with Gasteiger partial charge in [0.25, 0.3) is 0 Å². The van der Waals surface area contributed by atoms with E-state index in [0.29, 0.717) is 43.3 Å². The maximum atomic E-state index is 13.3. The number of anilines is 2. The molecule has 1 fully saturated rings. The molecule has 1 unspecified atom stereocenters. The Morgan fingerprint density at radius 2 is 1.78 bits per heavy atom. The molecule has 0 saturated carbocycles. The normalized spacial score (nSPS) is 15.2. The summed E-state index contributed by atoms with van der Waals surface area (Å²) in [6.07, 6.45) is 0.731. The van der Waals surface area contributed by atoms with Crippen LogP contribution < -0.4 is 10.2 Å². The number of imidazole rings is 1. The molecule has 0 spiro atoms. The zero-order valence-corrected chi connectivity index (χ0v) is 19.6. The van der Waals surface area contributed by atoms with Crippen LogP contribution in [-0.2, 0) is 11.0 Å². The van der Waals surface area contributed by atoms with Gasteiger partial charge in [0.15, 0.2) is 5.65 Å². The zero-order valence-electron chi connectivity index (χ0n) is 19.6. The number of rotatable bonds is 5. The second-order valence-electron chi connectivity index (χ2n) is 8.71. The predicted molar refractivity (Wildman–Crippen MR) is 132 cm³/mol. The van der Waals surface area contributed by atoms with Gasteiger partial charge in [-0.05, 0) is 25.1 Å². The van der Waals surface area contributed by atoms with Gasteiger partial charge in [0.1, 0.15) is 17.6 Å². The van der Waals surface area contributed by atoms with Gasteiger partial charge in [-0.2, -0.15) is 13.2 Å². The Morgan fingerprint density at radius 1 is 1.03 bits per heavy atom. The van der Waals surface area contributed by atoms with Gasteiger partial charge < -0.3 is 15.1 Å². The third-order valence-electron chi connectivity index (χ3n) is 6.33. The van der Waals surface area contributed by atoms with Crippen LogP contribution in [0.1, 0.15) is 12.5 Å². The molecule has 1 aliphatic rings. The van der Waals surface area contributed by atoms with Crippen molar-refractivity contribution in [2.75, 3.05) is 36.4 Å². The van der Waals surface area contributed by atoms with Gasteiger partial charge in [-0.1, -0.05) is 36.4 Å². The first-order valence-corrected chi connectivity index (χ1v) is 11.7. The number of aromatic nitrogens is 3. The molecular weight excluding hydrogens is 469 g/mol. The van der Waals surface area contributed by atoms with Gasteiger partial charge in [-0.25, -0.2) is 4.98 Å². The van der Waals surface area contributed by atoms with E-state index in [9.17, 15) is 18.0 Å². The first-order valence-electron chi connectivity index (χ1n) is 11.7. The second-order valence-corrected chi connectivity index (χ2v) is 8.71. The van der Waals surface area contributed by atoms with E-state index in [-0.39, 0.29) is 5.91 Å². The minimum absolute atomic E-state index is 0.0817. The van der Waals surface area contributed by atoms with Crippen molar-refractivity contribution in [2.45, 2.75) is 19.1 Å². The van der Waals surface area contributed by atoms with Gasteiger partial charge in [0, 0.05) is 49.8 Å². The molecule has 36 heavy (non-hydrogen) atoms. The van der Waals surface area contributed by atoms with Crippen LogP contribution in [0.15, 0.2) is 73.2 Å². The lowest BCUT2D eigenvalue weighted by Crippen LogP contribution is -2.52. The third kappa shape index (κ3) is 4.71. The van der Waals surface area contributed by atoms with Crippen LogP contribution in [0.2, 0.25) is 0 Å². The number of alkyl halides is 3. The molecule has 1 aliphatic heterocycles. The Bertz CT molecular complexity index is 1360. The lowest BCUT2D eigenvalue weighted by molar-refractivity contribution is -0.137. The highest BCUT2D eigenvalue weighted by molar-refractivity contribution is 5.86. The number of amides is 1. The molecule has 4 aromatic rings. The highest BCUT2D eigenvalue weighted by atomic mass is 19.4. The second kappa shape index (κ2) is 9.52. The minimum Gasteiger partial charge on any atom is -0.368 e. The monoisotopic (exact) mass is 494 g/mol. The summed E-state index contributed by atoms with van der Waals surface area (Å²) in [4.78, 5) is 25.8. The van der Waals surface area contributed by atoms with E-state index in [0.717, 1.165) is 23.4 Å². The van der Waals surface area contributed by atoms with Crippen molar-refractivity contribution in [3.05, 3.63) is 78.8 Å². The van der Waals surface area contributed by atoms with E-state index in [2.05, 4.69) is 10.3 Å². The van der Waals surface area contributed by atoms with Crippen molar-refractivity contribution >= 4 is 23.1 Å². The molecule has 5 rings (SSSR count). The van der Waals surface area contributed by atoms with Crippen molar-refractivity contribution in [3.63, 3.8) is 0 Å². The number of nitrogens with zero attached hydrogens (tertiary/aromatic N) is 5. The molecule has 7 nitrogen and oxygen atoms in total. The summed E-state index contributed by atoms with van der Waals surface area (Å²) >= 11 is 0. The number of piperazine rings is 1. The maximum absolute atomic E-state index is 13.3. The zero-order chi connectivity index (χ0) is 25.3. The summed E-state index contributed by atoms with van der Waals surface area (Å²) in [6.45, 7) is 3.55. The summed E-state index contributed by atoms with van der Waals surface area (Å²) in [5, 5.41) is 3.34. The number of hydrogen-bond donors (Lipinski definition) is 1. The van der Waals surface area contributed by atoms with Gasteiger partial charge in [0.2, 0.25) is 5.91 Å². The van der Waals surface area contributed by atoms with E-state index < -0.39 is 17.8 Å². The number of fused-ring (bicyclic) bond motifs is 1. The molecule has 1 N–H and O–H groups in total. The van der Waals surface area contributed by atoms with Crippen LogP contribution in [0, 0.1) is 0 Å². The first-order chi connectivity index (χ1) is 17.3. The molecule has 0 aliphatic carbocycles. The lowest BCUT2D eigenvalue weighted by atomic mass is 10.1. The van der Waals surface area contributed by atoms with Crippen LogP contribution in [0.4, 0.5) is 24.7 Å². The average molecular weight is 495 g/mol. The fraction of sp³-hybridized carbons (Fsp3) is 0.269. The smallest absolute Gasteiger partial charge is 0.368 e. The van der Waals surface area contributed by atoms with Crippen LogP contribution in [0.3, 0.4) is 0 Å². The largest absolute Gasteiger partial charge is 0.416 e. The summed E-state index contributed by atoms with van der Waals surface area (Å²) < 4.78 is 41.1. The summed E-state index contributed by atoms with van der Waals surface area (Å²) in [5.74, 6) is 0.615. The highest BCUT2D eigenvalue weighted by Gasteiger charge is 2.32. The Hall–Kier alpha value is -4.08. The number of benzene rings is 2. The fourth-order valence-corrected chi connectivity index (χ4v) is 4.45. The molecule has 2 aromatic carbocycles. The van der Waals surface area contributed by atoms with Crippen molar-refractivity contribution < 1.29 is 18.0 Å². The van der Waals surface area contributed by atoms with E-state index in [1.54, 1.807) is 36.5 Å². The molecular formula is C26H25F3N6O. The fourth-order valence-electron chi connectivity index (χ4n) is 4.45. The van der Waals surface area contributed by atoms with E-state index in [1.807, 2.05) is 39.6 Å². The molecule has 1 saturated heterocycles. The van der Waals surface area contributed by atoms with Crippen LogP contribution in [0.5, 0.6) is 0 Å². The van der Waals surface area contributed by atoms with Crippen LogP contribution in [0.25, 0.3) is 16.9 Å². The molecule has 10 heteroatoms. The summed E-state index contributed by atoms with van der Waals surface area (Å²) in [6, 6.07) is 14.5. The lowest BCUT2D eigenvalue weighted by Gasteiger charge is -2.37. The Labute approximate surface area is 206 Å². The quantitative estimate of drug-likeness (QED) is 0.441. The number of halogens is 3. The summed E-state index contributed by atoms with van der Waals surface area (Å²) in [5.41, 5.74) is 2.13. The van der Waals surface area contributed by atoms with E-state index in [4.69, 9.17) is 4.98 Å². The molecule has 2 aromatic heterocycles. The molecule has 1 amide bonds. The van der Waals surface area contributed by atoms with E-state index in [1.165, 1.54) is 6.07 Å². The number of carbonyl (C=O) groups is 1. The van der Waals surface area contributed by atoms with Gasteiger partial charge >= 0.3 is 6.18 Å². The first kappa shape index (κ1) is 23.7. The predicted octanol–water partition coefficient (Wildman–Crippen LogP) is 4.56. The van der Waals surface area contributed by atoms with Crippen molar-refractivity contribution in [2.24, 2.45) is 0 Å². The topological polar surface area (TPSA) is 65.8 Å². The summed E-state index contributed by atoms with van der Waals surface area (Å²) in [7, 11) is 0. The standard InChI is InChI=1S/C26H25F3N6O/c1-18(31-24-23(19-6-3-2-4-7-19)32-22-17-30-10-11-35(22)24)25(36)34-14-12-33(13-15-34)21-9-5-8-20(16-21)26(27,28)29/h2-11,16-18,31H,12-15H2,1H3. The van der Waals surface area contributed by atoms with Gasteiger partial charge in [-0.3, -0.25) is 14.2 Å². The molecule has 1 atom stereocenters. The Kier molecular flexibility index (Phi) is 6.26. The number of nitrogens with one attached hydrogen (secondary N) is 1. The van der Waals surface area contributed by atoms with Crippen LogP contribution >= 0.6 is 0 Å². The minimum atomic E-state index is -4.39. The van der Waals surface area contributed by atoms with Gasteiger partial charge in [0.05, 0.1) is 11.8 Å². The van der Waals surface area contributed by atoms with Gasteiger partial charge in [-0.15, -0.1) is 0 Å². The van der Waals surface area contributed by atoms with Crippen molar-refractivity contribution in [1.29, 1.82) is 0 Å². The van der Waals surface area contributed by atoms with Crippen molar-refractivity contribution in [1.82, 2.24) is 19.3 Å².